The first-order chi connectivity index (χ1) is 5.66. The number of H-pyrrole nitrogens is 1. The van der Waals surface area contributed by atoms with Gasteiger partial charge in [-0.15, -0.1) is 0 Å². The predicted octanol–water partition coefficient (Wildman–Crippen LogP) is -0.211. The molecule has 0 fully saturated rings. The van der Waals surface area contributed by atoms with Crippen molar-refractivity contribution >= 4 is 5.91 Å². The first-order valence-corrected chi connectivity index (χ1v) is 3.67. The number of nitrogens with zero attached hydrogens (tertiary/aromatic N) is 1. The van der Waals surface area contributed by atoms with E-state index in [2.05, 4.69) is 15.3 Å². The van der Waals surface area contributed by atoms with Crippen LogP contribution in [-0.4, -0.2) is 22.9 Å². The van der Waals surface area contributed by atoms with E-state index in [1.165, 1.54) is 6.33 Å². The van der Waals surface area contributed by atoms with E-state index >= 15 is 0 Å². The van der Waals surface area contributed by atoms with Crippen LogP contribution in [0.1, 0.15) is 29.1 Å². The maximum absolute atomic E-state index is 10.8. The van der Waals surface area contributed by atoms with Crippen molar-refractivity contribution < 1.29 is 4.79 Å². The van der Waals surface area contributed by atoms with Crippen LogP contribution in [0.3, 0.4) is 0 Å². The fourth-order valence-corrected chi connectivity index (χ4v) is 0.975. The van der Waals surface area contributed by atoms with Gasteiger partial charge in [0.05, 0.1) is 12.0 Å². The average Bonchev–Trinajstić information content (AvgIpc) is 2.50. The largest absolute Gasteiger partial charge is 0.364 e. The maximum atomic E-state index is 10.8. The Labute approximate surface area is 70.4 Å². The number of nitrogens with one attached hydrogen (secondary N) is 2. The second-order valence-corrected chi connectivity index (χ2v) is 2.54. The number of hydrogen-bond donors (Lipinski definition) is 3. The Morgan fingerprint density at radius 3 is 3.00 bits per heavy atom. The zero-order valence-corrected chi connectivity index (χ0v) is 7.09. The van der Waals surface area contributed by atoms with E-state index in [9.17, 15) is 4.79 Å². The second-order valence-electron chi connectivity index (χ2n) is 2.54. The second kappa shape index (κ2) is 3.36. The molecule has 1 heterocycles. The minimum absolute atomic E-state index is 0.0509. The molecule has 1 atom stereocenters. The van der Waals surface area contributed by atoms with Crippen molar-refractivity contribution in [1.82, 2.24) is 15.3 Å². The molecule has 1 aromatic rings. The molecule has 0 aromatic carbocycles. The van der Waals surface area contributed by atoms with Crippen LogP contribution >= 0.6 is 0 Å². The SMILES string of the molecule is CN[C@H](C)c1[nH]cnc1C(N)=O. The highest BCUT2D eigenvalue weighted by Gasteiger charge is 2.14. The van der Waals surface area contributed by atoms with E-state index < -0.39 is 5.91 Å². The van der Waals surface area contributed by atoms with Gasteiger partial charge >= 0.3 is 0 Å². The molecule has 5 heteroatoms. The standard InChI is InChI=1S/C7H12N4O/c1-4(9-2)5-6(7(8)12)11-3-10-5/h3-4,9H,1-2H3,(H2,8,12)(H,10,11)/t4-/m1/s1. The Hall–Kier alpha value is -1.36. The van der Waals surface area contributed by atoms with Gasteiger partial charge in [-0.05, 0) is 14.0 Å². The van der Waals surface area contributed by atoms with E-state index in [1.54, 1.807) is 7.05 Å². The first-order valence-electron chi connectivity index (χ1n) is 3.67. The van der Waals surface area contributed by atoms with Gasteiger partial charge in [0, 0.05) is 6.04 Å². The number of primary amides is 1. The minimum atomic E-state index is -0.506. The highest BCUT2D eigenvalue weighted by molar-refractivity contribution is 5.92. The summed E-state index contributed by atoms with van der Waals surface area (Å²) < 4.78 is 0. The lowest BCUT2D eigenvalue weighted by molar-refractivity contribution is 0.0994. The van der Waals surface area contributed by atoms with Crippen LogP contribution in [0.5, 0.6) is 0 Å². The summed E-state index contributed by atoms with van der Waals surface area (Å²) >= 11 is 0. The molecule has 0 radical (unpaired) electrons. The molecule has 0 saturated heterocycles. The number of aromatic nitrogens is 2. The average molecular weight is 168 g/mol. The quantitative estimate of drug-likeness (QED) is 0.583. The maximum Gasteiger partial charge on any atom is 0.269 e. The van der Waals surface area contributed by atoms with Crippen LogP contribution in [0.2, 0.25) is 0 Å². The molecule has 0 aliphatic rings. The van der Waals surface area contributed by atoms with Crippen LogP contribution in [0, 0.1) is 0 Å². The number of hydrogen-bond acceptors (Lipinski definition) is 3. The molecule has 1 aromatic heterocycles. The van der Waals surface area contributed by atoms with Gasteiger partial charge in [0.1, 0.15) is 5.69 Å². The Morgan fingerprint density at radius 1 is 1.83 bits per heavy atom. The lowest BCUT2D eigenvalue weighted by atomic mass is 10.2. The molecule has 4 N–H and O–H groups in total. The van der Waals surface area contributed by atoms with Crippen molar-refractivity contribution in [3.05, 3.63) is 17.7 Å². The summed E-state index contributed by atoms with van der Waals surface area (Å²) in [6, 6.07) is 0.0509. The van der Waals surface area contributed by atoms with Gasteiger partial charge in [0.15, 0.2) is 0 Å². The molecule has 12 heavy (non-hydrogen) atoms. The van der Waals surface area contributed by atoms with Crippen LogP contribution < -0.4 is 11.1 Å². The lowest BCUT2D eigenvalue weighted by Crippen LogP contribution is -2.20. The summed E-state index contributed by atoms with van der Waals surface area (Å²) in [5.74, 6) is -0.506. The van der Waals surface area contributed by atoms with Crippen LogP contribution in [0.15, 0.2) is 6.33 Å². The number of carbonyl (C=O) groups excluding carboxylic acids is 1. The molecule has 0 unspecified atom stereocenters. The van der Waals surface area contributed by atoms with Crippen LogP contribution in [0.4, 0.5) is 0 Å². The van der Waals surface area contributed by atoms with Gasteiger partial charge in [0.25, 0.3) is 5.91 Å². The molecule has 0 aliphatic carbocycles. The Kier molecular flexibility index (Phi) is 2.44. The zero-order chi connectivity index (χ0) is 9.14. The smallest absolute Gasteiger partial charge is 0.269 e. The van der Waals surface area contributed by atoms with E-state index in [4.69, 9.17) is 5.73 Å². The Morgan fingerprint density at radius 2 is 2.50 bits per heavy atom. The molecular weight excluding hydrogens is 156 g/mol. The van der Waals surface area contributed by atoms with Crippen molar-refractivity contribution in [2.24, 2.45) is 5.73 Å². The van der Waals surface area contributed by atoms with Gasteiger partial charge < -0.3 is 16.0 Å². The highest BCUT2D eigenvalue weighted by Crippen LogP contribution is 2.11. The third-order valence-electron chi connectivity index (χ3n) is 1.77. The third-order valence-corrected chi connectivity index (χ3v) is 1.77. The monoisotopic (exact) mass is 168 g/mol. The molecule has 0 aliphatic heterocycles. The predicted molar refractivity (Wildman–Crippen MR) is 44.6 cm³/mol. The topological polar surface area (TPSA) is 83.8 Å². The van der Waals surface area contributed by atoms with Gasteiger partial charge in [0.2, 0.25) is 0 Å². The number of aromatic amines is 1. The van der Waals surface area contributed by atoms with E-state index in [-0.39, 0.29) is 6.04 Å². The van der Waals surface area contributed by atoms with Gasteiger partial charge in [-0.1, -0.05) is 0 Å². The van der Waals surface area contributed by atoms with Gasteiger partial charge in [-0.2, -0.15) is 0 Å². The summed E-state index contributed by atoms with van der Waals surface area (Å²) in [5, 5.41) is 2.98. The Bertz CT molecular complexity index is 281. The summed E-state index contributed by atoms with van der Waals surface area (Å²) in [7, 11) is 1.80. The Balaban J connectivity index is 2.98. The summed E-state index contributed by atoms with van der Waals surface area (Å²) in [4.78, 5) is 17.5. The van der Waals surface area contributed by atoms with Gasteiger partial charge in [-0.25, -0.2) is 4.98 Å². The minimum Gasteiger partial charge on any atom is -0.364 e. The zero-order valence-electron chi connectivity index (χ0n) is 7.09. The summed E-state index contributed by atoms with van der Waals surface area (Å²) in [5.41, 5.74) is 6.13. The molecule has 0 saturated carbocycles. The molecule has 66 valence electrons. The third kappa shape index (κ3) is 1.45. The van der Waals surface area contributed by atoms with Crippen molar-refractivity contribution in [2.45, 2.75) is 13.0 Å². The van der Waals surface area contributed by atoms with Crippen molar-refractivity contribution in [3.8, 4) is 0 Å². The lowest BCUT2D eigenvalue weighted by Gasteiger charge is -2.07. The van der Waals surface area contributed by atoms with E-state index in [1.807, 2.05) is 6.92 Å². The first kappa shape index (κ1) is 8.73. The number of amides is 1. The molecule has 0 spiro atoms. The van der Waals surface area contributed by atoms with Crippen LogP contribution in [0.25, 0.3) is 0 Å². The van der Waals surface area contributed by atoms with Crippen molar-refractivity contribution in [1.29, 1.82) is 0 Å². The molecular formula is C7H12N4O. The normalized spacial score (nSPS) is 12.8. The van der Waals surface area contributed by atoms with Crippen molar-refractivity contribution in [2.75, 3.05) is 7.05 Å². The summed E-state index contributed by atoms with van der Waals surface area (Å²) in [6.07, 6.45) is 1.46. The number of imidazole rings is 1. The number of nitrogens with two attached hydrogens (primary N) is 1. The van der Waals surface area contributed by atoms with Crippen molar-refractivity contribution in [3.63, 3.8) is 0 Å². The summed E-state index contributed by atoms with van der Waals surface area (Å²) in [6.45, 7) is 1.92. The fraction of sp³-hybridized carbons (Fsp3) is 0.429. The highest BCUT2D eigenvalue weighted by atomic mass is 16.1. The van der Waals surface area contributed by atoms with E-state index in [0.717, 1.165) is 5.69 Å². The molecule has 0 bridgehead atoms. The number of carbonyl (C=O) groups is 1. The molecule has 1 amide bonds. The van der Waals surface area contributed by atoms with Crippen LogP contribution in [-0.2, 0) is 0 Å². The fourth-order valence-electron chi connectivity index (χ4n) is 0.975. The molecule has 1 rings (SSSR count). The van der Waals surface area contributed by atoms with E-state index in [0.29, 0.717) is 5.69 Å². The van der Waals surface area contributed by atoms with Gasteiger partial charge in [-0.3, -0.25) is 4.79 Å². The molecule has 5 nitrogen and oxygen atoms in total. The number of rotatable bonds is 3.